The number of benzene rings is 1. The minimum atomic E-state index is 0.201. The van der Waals surface area contributed by atoms with Crippen molar-refractivity contribution in [3.63, 3.8) is 0 Å². The van der Waals surface area contributed by atoms with Crippen LogP contribution in [0.1, 0.15) is 31.4 Å². The smallest absolute Gasteiger partial charge is 0.0399 e. The number of nitrogens with zero attached hydrogens (tertiary/aromatic N) is 1. The van der Waals surface area contributed by atoms with E-state index in [1.807, 2.05) is 0 Å². The number of hydrogen-bond acceptors (Lipinski definition) is 2. The normalized spacial score (nSPS) is 20.1. The van der Waals surface area contributed by atoms with Crippen molar-refractivity contribution in [3.8, 4) is 0 Å². The van der Waals surface area contributed by atoms with Crippen molar-refractivity contribution in [3.05, 3.63) is 29.3 Å². The Morgan fingerprint density at radius 1 is 1.24 bits per heavy atom. The number of rotatable bonds is 1. The zero-order chi connectivity index (χ0) is 12.5. The highest BCUT2D eigenvalue weighted by molar-refractivity contribution is 5.55. The summed E-state index contributed by atoms with van der Waals surface area (Å²) in [6.07, 6.45) is 1.22. The Balaban J connectivity index is 2.28. The molecule has 0 spiro atoms. The first-order valence-electron chi connectivity index (χ1n) is 6.55. The molecule has 1 heterocycles. The molecule has 17 heavy (non-hydrogen) atoms. The predicted octanol–water partition coefficient (Wildman–Crippen LogP) is 2.88. The van der Waals surface area contributed by atoms with Gasteiger partial charge in [0.05, 0.1) is 0 Å². The average molecular weight is 232 g/mol. The minimum absolute atomic E-state index is 0.201. The Labute approximate surface area is 105 Å². The van der Waals surface area contributed by atoms with E-state index in [0.717, 1.165) is 19.6 Å². The highest BCUT2D eigenvalue weighted by atomic mass is 15.2. The van der Waals surface area contributed by atoms with E-state index in [1.54, 1.807) is 0 Å². The lowest BCUT2D eigenvalue weighted by atomic mass is 10.0. The summed E-state index contributed by atoms with van der Waals surface area (Å²) >= 11 is 0. The van der Waals surface area contributed by atoms with Crippen LogP contribution in [0.3, 0.4) is 0 Å². The maximum absolute atomic E-state index is 3.61. The first-order chi connectivity index (χ1) is 7.98. The van der Waals surface area contributed by atoms with E-state index in [2.05, 4.69) is 56.1 Å². The molecule has 0 aliphatic carbocycles. The Morgan fingerprint density at radius 2 is 2.00 bits per heavy atom. The number of aryl methyl sites for hydroxylation is 2. The van der Waals surface area contributed by atoms with Gasteiger partial charge in [-0.05, 0) is 57.9 Å². The van der Waals surface area contributed by atoms with Crippen molar-refractivity contribution in [1.29, 1.82) is 0 Å². The van der Waals surface area contributed by atoms with Crippen LogP contribution in [0.2, 0.25) is 0 Å². The fourth-order valence-corrected chi connectivity index (χ4v) is 2.57. The summed E-state index contributed by atoms with van der Waals surface area (Å²) in [5, 5.41) is 3.61. The summed E-state index contributed by atoms with van der Waals surface area (Å²) in [6.45, 7) is 12.3. The minimum Gasteiger partial charge on any atom is -0.369 e. The van der Waals surface area contributed by atoms with Gasteiger partial charge in [-0.3, -0.25) is 0 Å². The second-order valence-electron chi connectivity index (χ2n) is 5.88. The van der Waals surface area contributed by atoms with Gasteiger partial charge in [0.2, 0.25) is 0 Å². The maximum Gasteiger partial charge on any atom is 0.0399 e. The standard InChI is InChI=1S/C15H24N2/c1-12-6-7-13(2)14(10-12)17-9-5-8-16-15(3,4)11-17/h6-7,10,16H,5,8-9,11H2,1-4H3. The van der Waals surface area contributed by atoms with E-state index in [-0.39, 0.29) is 5.54 Å². The molecule has 0 radical (unpaired) electrons. The van der Waals surface area contributed by atoms with Gasteiger partial charge >= 0.3 is 0 Å². The molecule has 1 saturated heterocycles. The lowest BCUT2D eigenvalue weighted by Crippen LogP contribution is -2.46. The van der Waals surface area contributed by atoms with Crippen molar-refractivity contribution in [2.45, 2.75) is 39.7 Å². The van der Waals surface area contributed by atoms with Crippen LogP contribution in [-0.4, -0.2) is 25.2 Å². The fraction of sp³-hybridized carbons (Fsp3) is 0.600. The highest BCUT2D eigenvalue weighted by Gasteiger charge is 2.24. The molecule has 1 aliphatic heterocycles. The van der Waals surface area contributed by atoms with Crippen molar-refractivity contribution >= 4 is 5.69 Å². The zero-order valence-corrected chi connectivity index (χ0v) is 11.5. The molecule has 2 nitrogen and oxygen atoms in total. The quantitative estimate of drug-likeness (QED) is 0.801. The predicted molar refractivity (Wildman–Crippen MR) is 74.8 cm³/mol. The first kappa shape index (κ1) is 12.4. The first-order valence-corrected chi connectivity index (χ1v) is 6.55. The largest absolute Gasteiger partial charge is 0.369 e. The molecule has 0 amide bonds. The Bertz CT molecular complexity index is 396. The maximum atomic E-state index is 3.61. The van der Waals surface area contributed by atoms with Crippen LogP contribution in [-0.2, 0) is 0 Å². The molecule has 0 unspecified atom stereocenters. The Morgan fingerprint density at radius 3 is 2.76 bits per heavy atom. The topological polar surface area (TPSA) is 15.3 Å². The van der Waals surface area contributed by atoms with Gasteiger partial charge in [0.15, 0.2) is 0 Å². The number of nitrogens with one attached hydrogen (secondary N) is 1. The van der Waals surface area contributed by atoms with Gasteiger partial charge in [-0.2, -0.15) is 0 Å². The van der Waals surface area contributed by atoms with Gasteiger partial charge in [-0.1, -0.05) is 12.1 Å². The van der Waals surface area contributed by atoms with E-state index >= 15 is 0 Å². The van der Waals surface area contributed by atoms with Crippen molar-refractivity contribution in [2.75, 3.05) is 24.5 Å². The molecule has 0 saturated carbocycles. The molecule has 2 rings (SSSR count). The van der Waals surface area contributed by atoms with Gasteiger partial charge in [0.25, 0.3) is 0 Å². The highest BCUT2D eigenvalue weighted by Crippen LogP contribution is 2.24. The van der Waals surface area contributed by atoms with Crippen LogP contribution in [0.4, 0.5) is 5.69 Å². The van der Waals surface area contributed by atoms with Gasteiger partial charge in [-0.25, -0.2) is 0 Å². The Hall–Kier alpha value is -1.02. The van der Waals surface area contributed by atoms with E-state index in [0.29, 0.717) is 0 Å². The van der Waals surface area contributed by atoms with Gasteiger partial charge < -0.3 is 10.2 Å². The van der Waals surface area contributed by atoms with Gasteiger partial charge in [0, 0.05) is 24.3 Å². The van der Waals surface area contributed by atoms with Crippen LogP contribution in [0.25, 0.3) is 0 Å². The van der Waals surface area contributed by atoms with E-state index in [1.165, 1.54) is 23.2 Å². The second-order valence-corrected chi connectivity index (χ2v) is 5.88. The SMILES string of the molecule is Cc1ccc(C)c(N2CCCNC(C)(C)C2)c1. The molecule has 0 bridgehead atoms. The molecular weight excluding hydrogens is 208 g/mol. The third-order valence-corrected chi connectivity index (χ3v) is 3.50. The summed E-state index contributed by atoms with van der Waals surface area (Å²) < 4.78 is 0. The summed E-state index contributed by atoms with van der Waals surface area (Å²) in [7, 11) is 0. The molecule has 1 aromatic rings. The molecule has 94 valence electrons. The van der Waals surface area contributed by atoms with E-state index in [4.69, 9.17) is 0 Å². The molecule has 1 aromatic carbocycles. The van der Waals surface area contributed by atoms with Crippen LogP contribution in [0, 0.1) is 13.8 Å². The molecule has 2 heteroatoms. The molecule has 1 aliphatic rings. The molecular formula is C15H24N2. The van der Waals surface area contributed by atoms with Crippen LogP contribution >= 0.6 is 0 Å². The molecule has 1 N–H and O–H groups in total. The van der Waals surface area contributed by atoms with Crippen molar-refractivity contribution in [2.24, 2.45) is 0 Å². The van der Waals surface area contributed by atoms with Crippen molar-refractivity contribution < 1.29 is 0 Å². The van der Waals surface area contributed by atoms with Crippen LogP contribution in [0.5, 0.6) is 0 Å². The van der Waals surface area contributed by atoms with E-state index in [9.17, 15) is 0 Å². The molecule has 0 aromatic heterocycles. The Kier molecular flexibility index (Phi) is 3.43. The summed E-state index contributed by atoms with van der Waals surface area (Å²) in [5.41, 5.74) is 4.34. The van der Waals surface area contributed by atoms with Crippen molar-refractivity contribution in [1.82, 2.24) is 5.32 Å². The monoisotopic (exact) mass is 232 g/mol. The number of hydrogen-bond donors (Lipinski definition) is 1. The summed E-state index contributed by atoms with van der Waals surface area (Å²) in [6, 6.07) is 6.74. The third-order valence-electron chi connectivity index (χ3n) is 3.50. The lowest BCUT2D eigenvalue weighted by Gasteiger charge is -2.32. The summed E-state index contributed by atoms with van der Waals surface area (Å²) in [5.74, 6) is 0. The van der Waals surface area contributed by atoms with Gasteiger partial charge in [-0.15, -0.1) is 0 Å². The van der Waals surface area contributed by atoms with Crippen LogP contribution < -0.4 is 10.2 Å². The summed E-state index contributed by atoms with van der Waals surface area (Å²) in [4.78, 5) is 2.53. The number of anilines is 1. The second kappa shape index (κ2) is 4.69. The third kappa shape index (κ3) is 3.01. The van der Waals surface area contributed by atoms with Gasteiger partial charge in [0.1, 0.15) is 0 Å². The molecule has 1 fully saturated rings. The fourth-order valence-electron chi connectivity index (χ4n) is 2.57. The average Bonchev–Trinajstić information content (AvgIpc) is 2.43. The zero-order valence-electron chi connectivity index (χ0n) is 11.5. The lowest BCUT2D eigenvalue weighted by molar-refractivity contribution is 0.416. The van der Waals surface area contributed by atoms with E-state index < -0.39 is 0 Å². The molecule has 0 atom stereocenters. The van der Waals surface area contributed by atoms with Crippen LogP contribution in [0.15, 0.2) is 18.2 Å².